The molecule has 0 radical (unpaired) electrons. The fraction of sp³-hybridized carbons (Fsp3) is 0.0714. The quantitative estimate of drug-likeness (QED) is 0.832. The summed E-state index contributed by atoms with van der Waals surface area (Å²) in [7, 11) is 0. The number of hydrogen-bond acceptors (Lipinski definition) is 3. The topological polar surface area (TPSA) is 72.5 Å². The lowest BCUT2D eigenvalue weighted by Crippen LogP contribution is -2.04. The van der Waals surface area contributed by atoms with E-state index in [2.05, 4.69) is 0 Å². The maximum absolute atomic E-state index is 13.7. The number of carboxylic acid groups (broad SMARTS) is 1. The third kappa shape index (κ3) is 2.82. The van der Waals surface area contributed by atoms with Gasteiger partial charge < -0.3 is 15.6 Å². The fourth-order valence-corrected chi connectivity index (χ4v) is 1.64. The Morgan fingerprint density at radius 3 is 2.68 bits per heavy atom. The average Bonchev–Trinajstić information content (AvgIpc) is 2.32. The van der Waals surface area contributed by atoms with Gasteiger partial charge in [0.2, 0.25) is 0 Å². The predicted octanol–water partition coefficient (Wildman–Crippen LogP) is 3.21. The molecule has 2 rings (SSSR count). The molecule has 4 nitrogen and oxygen atoms in total. The molecule has 0 aromatic heterocycles. The minimum Gasteiger partial charge on any atom is -0.478 e. The Hall–Kier alpha value is -2.56. The second-order valence-electron chi connectivity index (χ2n) is 4.09. The maximum Gasteiger partial charge on any atom is 0.337 e. The zero-order chi connectivity index (χ0) is 14.0. The summed E-state index contributed by atoms with van der Waals surface area (Å²) in [5.74, 6) is -1.67. The third-order valence-electron chi connectivity index (χ3n) is 2.55. The number of carboxylic acids is 1. The van der Waals surface area contributed by atoms with Gasteiger partial charge in [0, 0.05) is 17.8 Å². The molecule has 5 heteroatoms. The number of carbonyl (C=O) groups is 1. The second-order valence-corrected chi connectivity index (χ2v) is 4.09. The van der Waals surface area contributed by atoms with Crippen LogP contribution >= 0.6 is 0 Å². The largest absolute Gasteiger partial charge is 0.478 e. The molecule has 0 amide bonds. The van der Waals surface area contributed by atoms with E-state index in [1.54, 1.807) is 18.2 Å². The second kappa shape index (κ2) is 4.97. The van der Waals surface area contributed by atoms with Crippen LogP contribution in [0, 0.1) is 12.7 Å². The first-order chi connectivity index (χ1) is 8.97. The molecule has 0 aliphatic heterocycles. The molecule has 0 heterocycles. The average molecular weight is 261 g/mol. The van der Waals surface area contributed by atoms with Crippen molar-refractivity contribution in [2.75, 3.05) is 5.73 Å². The predicted molar refractivity (Wildman–Crippen MR) is 69.0 cm³/mol. The number of aromatic carboxylic acids is 1. The van der Waals surface area contributed by atoms with Gasteiger partial charge in [-0.3, -0.25) is 0 Å². The van der Waals surface area contributed by atoms with Gasteiger partial charge in [-0.2, -0.15) is 0 Å². The molecule has 0 bridgehead atoms. The van der Waals surface area contributed by atoms with Crippen molar-refractivity contribution < 1.29 is 19.0 Å². The van der Waals surface area contributed by atoms with E-state index in [9.17, 15) is 9.18 Å². The number of aryl methyl sites for hydroxylation is 1. The smallest absolute Gasteiger partial charge is 0.337 e. The van der Waals surface area contributed by atoms with E-state index < -0.39 is 11.8 Å². The summed E-state index contributed by atoms with van der Waals surface area (Å²) in [6, 6.07) is 9.02. The van der Waals surface area contributed by atoms with E-state index in [0.717, 1.165) is 17.7 Å². The summed E-state index contributed by atoms with van der Waals surface area (Å²) >= 11 is 0. The van der Waals surface area contributed by atoms with E-state index in [-0.39, 0.29) is 17.0 Å². The van der Waals surface area contributed by atoms with Gasteiger partial charge in [-0.05, 0) is 24.6 Å². The molecular weight excluding hydrogens is 249 g/mol. The molecule has 0 fully saturated rings. The number of anilines is 1. The Kier molecular flexibility index (Phi) is 3.37. The molecule has 2 aromatic carbocycles. The van der Waals surface area contributed by atoms with Gasteiger partial charge in [0.15, 0.2) is 11.6 Å². The summed E-state index contributed by atoms with van der Waals surface area (Å²) in [4.78, 5) is 10.9. The van der Waals surface area contributed by atoms with Crippen molar-refractivity contribution in [1.82, 2.24) is 0 Å². The number of rotatable bonds is 3. The summed E-state index contributed by atoms with van der Waals surface area (Å²) < 4.78 is 19.0. The molecule has 0 spiro atoms. The zero-order valence-electron chi connectivity index (χ0n) is 10.2. The minimum absolute atomic E-state index is 0.137. The van der Waals surface area contributed by atoms with E-state index in [0.29, 0.717) is 5.75 Å². The SMILES string of the molecule is Cc1cccc(Oc2cc(C(=O)O)c(N)cc2F)c1. The van der Waals surface area contributed by atoms with Crippen LogP contribution in [-0.2, 0) is 0 Å². The number of benzene rings is 2. The molecule has 3 N–H and O–H groups in total. The minimum atomic E-state index is -1.23. The Labute approximate surface area is 109 Å². The van der Waals surface area contributed by atoms with Crippen LogP contribution < -0.4 is 10.5 Å². The fourth-order valence-electron chi connectivity index (χ4n) is 1.64. The molecule has 2 aromatic rings. The van der Waals surface area contributed by atoms with Crippen molar-refractivity contribution in [1.29, 1.82) is 0 Å². The van der Waals surface area contributed by atoms with Gasteiger partial charge >= 0.3 is 5.97 Å². The summed E-state index contributed by atoms with van der Waals surface area (Å²) in [6.45, 7) is 1.87. The highest BCUT2D eigenvalue weighted by Crippen LogP contribution is 2.29. The van der Waals surface area contributed by atoms with Crippen LogP contribution in [-0.4, -0.2) is 11.1 Å². The van der Waals surface area contributed by atoms with Crippen molar-refractivity contribution >= 4 is 11.7 Å². The Morgan fingerprint density at radius 2 is 2.05 bits per heavy atom. The highest BCUT2D eigenvalue weighted by Gasteiger charge is 2.14. The number of halogens is 1. The van der Waals surface area contributed by atoms with E-state index in [1.807, 2.05) is 13.0 Å². The van der Waals surface area contributed by atoms with E-state index in [1.165, 1.54) is 0 Å². The third-order valence-corrected chi connectivity index (χ3v) is 2.55. The van der Waals surface area contributed by atoms with Crippen LogP contribution in [0.1, 0.15) is 15.9 Å². The van der Waals surface area contributed by atoms with Crippen LogP contribution in [0.5, 0.6) is 11.5 Å². The van der Waals surface area contributed by atoms with Crippen LogP contribution in [0.2, 0.25) is 0 Å². The first-order valence-electron chi connectivity index (χ1n) is 5.54. The summed E-state index contributed by atoms with van der Waals surface area (Å²) in [5, 5.41) is 8.93. The molecule has 0 aliphatic rings. The number of ether oxygens (including phenoxy) is 1. The zero-order valence-corrected chi connectivity index (χ0v) is 10.2. The van der Waals surface area contributed by atoms with Gasteiger partial charge in [-0.15, -0.1) is 0 Å². The van der Waals surface area contributed by atoms with Gasteiger partial charge in [-0.1, -0.05) is 12.1 Å². The summed E-state index contributed by atoms with van der Waals surface area (Å²) in [6.07, 6.45) is 0. The molecule has 19 heavy (non-hydrogen) atoms. The lowest BCUT2D eigenvalue weighted by atomic mass is 10.1. The highest BCUT2D eigenvalue weighted by molar-refractivity contribution is 5.94. The summed E-state index contributed by atoms with van der Waals surface area (Å²) in [5.41, 5.74) is 6.05. The van der Waals surface area contributed by atoms with Gasteiger partial charge in [0.05, 0.1) is 5.56 Å². The van der Waals surface area contributed by atoms with Gasteiger partial charge in [0.25, 0.3) is 0 Å². The van der Waals surface area contributed by atoms with Crippen LogP contribution in [0.25, 0.3) is 0 Å². The Balaban J connectivity index is 2.40. The molecule has 98 valence electrons. The first kappa shape index (κ1) is 12.9. The lowest BCUT2D eigenvalue weighted by Gasteiger charge is -2.09. The number of nitrogens with two attached hydrogens (primary N) is 1. The first-order valence-corrected chi connectivity index (χ1v) is 5.54. The normalized spacial score (nSPS) is 10.2. The molecule has 0 saturated heterocycles. The molecule has 0 aliphatic carbocycles. The maximum atomic E-state index is 13.7. The number of nitrogen functional groups attached to an aromatic ring is 1. The Bertz CT molecular complexity index is 641. The van der Waals surface area contributed by atoms with Crippen molar-refractivity contribution in [3.63, 3.8) is 0 Å². The standard InChI is InChI=1S/C14H12FNO3/c1-8-3-2-4-9(5-8)19-13-6-10(14(17)18)12(16)7-11(13)15/h2-7H,16H2,1H3,(H,17,18). The van der Waals surface area contributed by atoms with Crippen LogP contribution in [0.15, 0.2) is 36.4 Å². The van der Waals surface area contributed by atoms with Crippen molar-refractivity contribution in [2.24, 2.45) is 0 Å². The van der Waals surface area contributed by atoms with E-state index in [4.69, 9.17) is 15.6 Å². The Morgan fingerprint density at radius 1 is 1.32 bits per heavy atom. The highest BCUT2D eigenvalue weighted by atomic mass is 19.1. The molecule has 0 unspecified atom stereocenters. The number of hydrogen-bond donors (Lipinski definition) is 2. The molecule has 0 saturated carbocycles. The monoisotopic (exact) mass is 261 g/mol. The van der Waals surface area contributed by atoms with Crippen molar-refractivity contribution in [3.05, 3.63) is 53.3 Å². The molecule has 0 atom stereocenters. The van der Waals surface area contributed by atoms with Crippen molar-refractivity contribution in [2.45, 2.75) is 6.92 Å². The lowest BCUT2D eigenvalue weighted by molar-refractivity contribution is 0.0697. The van der Waals surface area contributed by atoms with Crippen LogP contribution in [0.3, 0.4) is 0 Å². The van der Waals surface area contributed by atoms with Gasteiger partial charge in [0.1, 0.15) is 5.75 Å². The van der Waals surface area contributed by atoms with Gasteiger partial charge in [-0.25, -0.2) is 9.18 Å². The molecular formula is C14H12FNO3. The van der Waals surface area contributed by atoms with Crippen molar-refractivity contribution in [3.8, 4) is 11.5 Å². The van der Waals surface area contributed by atoms with E-state index >= 15 is 0 Å². The van der Waals surface area contributed by atoms with Crippen LogP contribution in [0.4, 0.5) is 10.1 Å².